The third-order valence-corrected chi connectivity index (χ3v) is 5.22. The number of rotatable bonds is 4. The third kappa shape index (κ3) is 4.30. The maximum atomic E-state index is 13.2. The molecule has 2 unspecified atom stereocenters. The highest BCUT2D eigenvalue weighted by Gasteiger charge is 2.36. The molecule has 1 amide bonds. The number of hydrogen-bond donors (Lipinski definition) is 2. The van der Waals surface area contributed by atoms with E-state index < -0.39 is 23.9 Å². The van der Waals surface area contributed by atoms with Gasteiger partial charge in [0.2, 0.25) is 0 Å². The van der Waals surface area contributed by atoms with Crippen LogP contribution in [-0.2, 0) is 6.18 Å². The van der Waals surface area contributed by atoms with Gasteiger partial charge in [0.1, 0.15) is 11.4 Å². The molecule has 2 N–H and O–H groups in total. The van der Waals surface area contributed by atoms with E-state index in [1.807, 2.05) is 0 Å². The summed E-state index contributed by atoms with van der Waals surface area (Å²) < 4.78 is 39.6. The van der Waals surface area contributed by atoms with Crippen LogP contribution in [0.25, 0.3) is 11.1 Å². The van der Waals surface area contributed by atoms with Crippen LogP contribution < -0.4 is 0 Å². The second kappa shape index (κ2) is 7.56. The molecule has 3 rings (SSSR count). The molecule has 1 fully saturated rings. The molecule has 1 heterocycles. The van der Waals surface area contributed by atoms with Gasteiger partial charge >= 0.3 is 6.18 Å². The van der Waals surface area contributed by atoms with E-state index in [0.717, 1.165) is 18.9 Å². The lowest BCUT2D eigenvalue weighted by atomic mass is 10.0. The summed E-state index contributed by atoms with van der Waals surface area (Å²) in [5.74, 6) is -0.607. The van der Waals surface area contributed by atoms with Gasteiger partial charge in [0.15, 0.2) is 0 Å². The summed E-state index contributed by atoms with van der Waals surface area (Å²) in [6, 6.07) is 7.20. The molecular weight excluding hydrogens is 381 g/mol. The number of carbonyl (C=O) groups is 1. The largest absolute Gasteiger partial charge is 0.431 e. The van der Waals surface area contributed by atoms with Crippen LogP contribution in [0.15, 0.2) is 30.3 Å². The number of carbonyl (C=O) groups excluding carboxylic acids is 1. The van der Waals surface area contributed by atoms with Crippen molar-refractivity contribution in [1.29, 1.82) is 0 Å². The van der Waals surface area contributed by atoms with Crippen molar-refractivity contribution in [3.05, 3.63) is 46.7 Å². The van der Waals surface area contributed by atoms with E-state index in [9.17, 15) is 23.1 Å². The van der Waals surface area contributed by atoms with Gasteiger partial charge in [0, 0.05) is 30.1 Å². The van der Waals surface area contributed by atoms with Crippen LogP contribution in [0.5, 0.6) is 0 Å². The van der Waals surface area contributed by atoms with Gasteiger partial charge < -0.3 is 15.0 Å². The maximum absolute atomic E-state index is 13.2. The minimum atomic E-state index is -4.60. The molecule has 0 saturated heterocycles. The fourth-order valence-corrected chi connectivity index (χ4v) is 3.61. The number of aliphatic hydroxyl groups excluding tert-OH is 1. The predicted octanol–water partition coefficient (Wildman–Crippen LogP) is 4.59. The SMILES string of the molecule is CN(CC1CCCC1O)C(=O)c1[nH]c(C(F)(F)F)cc1-c1ccc(Cl)cc1. The van der Waals surface area contributed by atoms with E-state index in [4.69, 9.17) is 11.6 Å². The van der Waals surface area contributed by atoms with E-state index in [0.29, 0.717) is 23.6 Å². The van der Waals surface area contributed by atoms with Crippen molar-refractivity contribution < 1.29 is 23.1 Å². The Morgan fingerprint density at radius 3 is 2.52 bits per heavy atom. The minimum Gasteiger partial charge on any atom is -0.393 e. The zero-order valence-corrected chi connectivity index (χ0v) is 15.4. The van der Waals surface area contributed by atoms with Crippen molar-refractivity contribution in [3.63, 3.8) is 0 Å². The number of aliphatic hydroxyl groups is 1. The molecule has 0 bridgehead atoms. The topological polar surface area (TPSA) is 56.3 Å². The van der Waals surface area contributed by atoms with Gasteiger partial charge in [-0.25, -0.2) is 0 Å². The fraction of sp³-hybridized carbons (Fsp3) is 0.421. The molecule has 4 nitrogen and oxygen atoms in total. The van der Waals surface area contributed by atoms with Gasteiger partial charge in [-0.1, -0.05) is 30.2 Å². The molecule has 1 aliphatic carbocycles. The summed E-state index contributed by atoms with van der Waals surface area (Å²) in [5.41, 5.74) is -0.476. The van der Waals surface area contributed by atoms with E-state index in [2.05, 4.69) is 4.98 Å². The lowest BCUT2D eigenvalue weighted by Crippen LogP contribution is -2.35. The summed E-state index contributed by atoms with van der Waals surface area (Å²) in [6.45, 7) is 0.292. The monoisotopic (exact) mass is 400 g/mol. The van der Waals surface area contributed by atoms with Gasteiger partial charge in [-0.3, -0.25) is 4.79 Å². The molecule has 1 aromatic heterocycles. The third-order valence-electron chi connectivity index (χ3n) is 4.97. The summed E-state index contributed by atoms with van der Waals surface area (Å²) >= 11 is 5.85. The van der Waals surface area contributed by atoms with E-state index in [-0.39, 0.29) is 17.2 Å². The predicted molar refractivity (Wildman–Crippen MR) is 96.5 cm³/mol. The number of aromatic nitrogens is 1. The Morgan fingerprint density at radius 1 is 1.30 bits per heavy atom. The normalized spacial score (nSPS) is 20.1. The van der Waals surface area contributed by atoms with E-state index in [1.54, 1.807) is 24.3 Å². The van der Waals surface area contributed by atoms with Gasteiger partial charge in [0.25, 0.3) is 5.91 Å². The molecule has 27 heavy (non-hydrogen) atoms. The Morgan fingerprint density at radius 2 is 1.96 bits per heavy atom. The molecule has 1 aromatic carbocycles. The number of benzene rings is 1. The summed E-state index contributed by atoms with van der Waals surface area (Å²) in [4.78, 5) is 16.5. The van der Waals surface area contributed by atoms with Crippen LogP contribution in [0.4, 0.5) is 13.2 Å². The Balaban J connectivity index is 1.93. The molecule has 0 aliphatic heterocycles. The van der Waals surface area contributed by atoms with Crippen LogP contribution >= 0.6 is 11.6 Å². The summed E-state index contributed by atoms with van der Waals surface area (Å²) in [7, 11) is 1.53. The van der Waals surface area contributed by atoms with Crippen molar-refractivity contribution in [2.75, 3.05) is 13.6 Å². The second-order valence-corrected chi connectivity index (χ2v) is 7.36. The number of nitrogens with zero attached hydrogens (tertiary/aromatic N) is 1. The number of H-pyrrole nitrogens is 1. The van der Waals surface area contributed by atoms with Crippen LogP contribution in [-0.4, -0.2) is 40.6 Å². The first kappa shape index (κ1) is 19.8. The Labute approximate surface area is 159 Å². The van der Waals surface area contributed by atoms with Crippen molar-refractivity contribution in [2.45, 2.75) is 31.5 Å². The lowest BCUT2D eigenvalue weighted by molar-refractivity contribution is -0.140. The number of halogens is 4. The molecule has 1 aliphatic rings. The van der Waals surface area contributed by atoms with Crippen LogP contribution in [0.1, 0.15) is 35.4 Å². The first-order valence-electron chi connectivity index (χ1n) is 8.66. The lowest BCUT2D eigenvalue weighted by Gasteiger charge is -2.23. The van der Waals surface area contributed by atoms with Crippen molar-refractivity contribution >= 4 is 17.5 Å². The van der Waals surface area contributed by atoms with Crippen molar-refractivity contribution in [2.24, 2.45) is 5.92 Å². The molecular formula is C19H20ClF3N2O2. The van der Waals surface area contributed by atoms with Crippen molar-refractivity contribution in [1.82, 2.24) is 9.88 Å². The molecule has 1 saturated carbocycles. The van der Waals surface area contributed by atoms with Gasteiger partial charge in [-0.2, -0.15) is 13.2 Å². The van der Waals surface area contributed by atoms with Gasteiger partial charge in [-0.05, 0) is 36.6 Å². The van der Waals surface area contributed by atoms with Crippen molar-refractivity contribution in [3.8, 4) is 11.1 Å². The molecule has 0 radical (unpaired) electrons. The second-order valence-electron chi connectivity index (χ2n) is 6.92. The number of amides is 1. The quantitative estimate of drug-likeness (QED) is 0.788. The molecule has 0 spiro atoms. The number of aromatic amines is 1. The molecule has 8 heteroatoms. The number of nitrogens with one attached hydrogen (secondary N) is 1. The fourth-order valence-electron chi connectivity index (χ4n) is 3.49. The Hall–Kier alpha value is -1.99. The molecule has 2 aromatic rings. The highest BCUT2D eigenvalue weighted by Crippen LogP contribution is 2.35. The Bertz CT molecular complexity index is 817. The Kier molecular flexibility index (Phi) is 5.53. The van der Waals surface area contributed by atoms with Crippen LogP contribution in [0.3, 0.4) is 0 Å². The molecule has 146 valence electrons. The van der Waals surface area contributed by atoms with Crippen LogP contribution in [0.2, 0.25) is 5.02 Å². The summed E-state index contributed by atoms with van der Waals surface area (Å²) in [6.07, 6.45) is -2.72. The standard InChI is InChI=1S/C19H20ClF3N2O2/c1-25(10-12-3-2-4-15(12)26)18(27)17-14(9-16(24-17)19(21,22)23)11-5-7-13(20)8-6-11/h5-9,12,15,24,26H,2-4,10H2,1H3. The number of hydrogen-bond acceptors (Lipinski definition) is 2. The minimum absolute atomic E-state index is 0.0602. The molecule has 2 atom stereocenters. The average molecular weight is 401 g/mol. The van der Waals surface area contributed by atoms with E-state index >= 15 is 0 Å². The average Bonchev–Trinajstić information content (AvgIpc) is 3.21. The zero-order chi connectivity index (χ0) is 19.8. The highest BCUT2D eigenvalue weighted by molar-refractivity contribution is 6.30. The first-order valence-corrected chi connectivity index (χ1v) is 9.04. The zero-order valence-electron chi connectivity index (χ0n) is 14.7. The summed E-state index contributed by atoms with van der Waals surface area (Å²) in [5, 5.41) is 10.4. The van der Waals surface area contributed by atoms with Gasteiger partial charge in [0.05, 0.1) is 6.10 Å². The first-order chi connectivity index (χ1) is 12.7. The maximum Gasteiger partial charge on any atom is 0.431 e. The van der Waals surface area contributed by atoms with Crippen LogP contribution in [0, 0.1) is 5.92 Å². The van der Waals surface area contributed by atoms with E-state index in [1.165, 1.54) is 11.9 Å². The number of alkyl halides is 3. The highest BCUT2D eigenvalue weighted by atomic mass is 35.5. The smallest absolute Gasteiger partial charge is 0.393 e. The van der Waals surface area contributed by atoms with Gasteiger partial charge in [-0.15, -0.1) is 0 Å².